The summed E-state index contributed by atoms with van der Waals surface area (Å²) in [6.45, 7) is 0. The maximum atomic E-state index is 9.75. The van der Waals surface area contributed by atoms with Crippen LogP contribution in [0.5, 0.6) is 0 Å². The van der Waals surface area contributed by atoms with Crippen LogP contribution in [0, 0.1) is 0 Å². The number of hydrogen-bond acceptors (Lipinski definition) is 5. The van der Waals surface area contributed by atoms with Gasteiger partial charge in [0.05, 0.1) is 0 Å². The van der Waals surface area contributed by atoms with Gasteiger partial charge in [-0.05, 0) is 45.5 Å². The van der Waals surface area contributed by atoms with Crippen LogP contribution >= 0.6 is 0 Å². The van der Waals surface area contributed by atoms with Crippen molar-refractivity contribution in [3.05, 3.63) is 24.3 Å². The molecule has 124 valence electrons. The molecular weight excluding hydrogens is 305 g/mol. The van der Waals surface area contributed by atoms with Crippen molar-refractivity contribution in [3.63, 3.8) is 0 Å². The fraction of sp³-hybridized carbons (Fsp3) is 0.455. The minimum absolute atomic E-state index is 0.194. The lowest BCUT2D eigenvalue weighted by Crippen LogP contribution is -2.48. The Kier molecular flexibility index (Phi) is 6.12. The van der Waals surface area contributed by atoms with Crippen molar-refractivity contribution >= 4 is 18.3 Å². The molecule has 0 saturated carbocycles. The van der Waals surface area contributed by atoms with Crippen LogP contribution in [0.2, 0.25) is 0 Å². The molecule has 22 heavy (non-hydrogen) atoms. The van der Waals surface area contributed by atoms with Gasteiger partial charge in [0.1, 0.15) is 11.0 Å². The molecule has 0 spiro atoms. The van der Waals surface area contributed by atoms with Crippen LogP contribution in [0.1, 0.15) is 0 Å². The lowest BCUT2D eigenvalue weighted by molar-refractivity contribution is -0.130. The van der Waals surface area contributed by atoms with Gasteiger partial charge in [-0.25, -0.2) is 0 Å². The van der Waals surface area contributed by atoms with E-state index in [4.69, 9.17) is 4.84 Å². The van der Waals surface area contributed by atoms with Crippen molar-refractivity contribution < 1.29 is 22.1 Å². The summed E-state index contributed by atoms with van der Waals surface area (Å²) in [5.74, 6) is 0. The van der Waals surface area contributed by atoms with Crippen LogP contribution in [0.25, 0.3) is 11.0 Å². The van der Waals surface area contributed by atoms with Crippen LogP contribution in [-0.4, -0.2) is 66.8 Å². The van der Waals surface area contributed by atoms with Crippen molar-refractivity contribution in [3.8, 4) is 0 Å². The Hall–Kier alpha value is -1.88. The largest absolute Gasteiger partial charge is 0.673 e. The minimum Gasteiger partial charge on any atom is -0.418 e. The number of para-hydroxylation sites is 1. The first-order valence-corrected chi connectivity index (χ1v) is 6.27. The van der Waals surface area contributed by atoms with Gasteiger partial charge in [0.2, 0.25) is 6.35 Å². The van der Waals surface area contributed by atoms with Crippen LogP contribution in [0.3, 0.4) is 0 Å². The Balaban J connectivity index is 0.000000422. The summed E-state index contributed by atoms with van der Waals surface area (Å²) in [5, 5.41) is 8.03. The molecule has 0 bridgehead atoms. The molecule has 0 saturated heterocycles. The zero-order valence-electron chi connectivity index (χ0n) is 12.6. The van der Waals surface area contributed by atoms with E-state index in [0.29, 0.717) is 0 Å². The van der Waals surface area contributed by atoms with E-state index in [2.05, 4.69) is 10.3 Å². The molecule has 0 fully saturated rings. The average molecular weight is 322 g/mol. The molecule has 0 atom stereocenters. The molecule has 0 aliphatic carbocycles. The van der Waals surface area contributed by atoms with Crippen molar-refractivity contribution in [1.29, 1.82) is 0 Å². The van der Waals surface area contributed by atoms with E-state index >= 15 is 0 Å². The second-order valence-corrected chi connectivity index (χ2v) is 4.80. The van der Waals surface area contributed by atoms with Crippen molar-refractivity contribution in [2.24, 2.45) is 0 Å². The maximum Gasteiger partial charge on any atom is 0.673 e. The maximum absolute atomic E-state index is 9.75. The molecular formula is C11H17BF4N5O-. The fourth-order valence-corrected chi connectivity index (χ4v) is 1.67. The summed E-state index contributed by atoms with van der Waals surface area (Å²) in [7, 11) is 1.79. The second-order valence-electron chi connectivity index (χ2n) is 4.80. The number of nitrogens with zero attached hydrogens (tertiary/aromatic N) is 5. The molecule has 0 N–H and O–H groups in total. The summed E-state index contributed by atoms with van der Waals surface area (Å²) in [5.41, 5.74) is 1.69. The highest BCUT2D eigenvalue weighted by Gasteiger charge is 2.20. The predicted octanol–water partition coefficient (Wildman–Crippen LogP) is 1.57. The first-order chi connectivity index (χ1) is 10.1. The molecule has 6 nitrogen and oxygen atoms in total. The Morgan fingerprint density at radius 1 is 1.05 bits per heavy atom. The SMILES string of the molecule is CN(C)C(On1nnc2ccccc21)N(C)C.F[B-](F)(F)F. The Morgan fingerprint density at radius 3 is 2.05 bits per heavy atom. The molecule has 2 aromatic rings. The summed E-state index contributed by atoms with van der Waals surface area (Å²) >= 11 is 0. The first kappa shape index (κ1) is 18.2. The molecule has 0 aliphatic heterocycles. The normalized spacial score (nSPS) is 12.0. The summed E-state index contributed by atoms with van der Waals surface area (Å²) in [6.07, 6.45) is -0.194. The first-order valence-electron chi connectivity index (χ1n) is 6.27. The van der Waals surface area contributed by atoms with E-state index in [0.717, 1.165) is 11.0 Å². The van der Waals surface area contributed by atoms with Gasteiger partial charge in [0, 0.05) is 0 Å². The van der Waals surface area contributed by atoms with Gasteiger partial charge in [-0.15, -0.1) is 5.10 Å². The monoisotopic (exact) mass is 322 g/mol. The minimum atomic E-state index is -6.00. The van der Waals surface area contributed by atoms with Crippen molar-refractivity contribution in [2.45, 2.75) is 6.35 Å². The summed E-state index contributed by atoms with van der Waals surface area (Å²) in [4.78, 5) is 11.2. The van der Waals surface area contributed by atoms with Gasteiger partial charge in [-0.2, -0.15) is 0 Å². The lowest BCUT2D eigenvalue weighted by atomic mass is 10.3. The van der Waals surface area contributed by atoms with Gasteiger partial charge in [-0.3, -0.25) is 9.80 Å². The van der Waals surface area contributed by atoms with Crippen LogP contribution < -0.4 is 4.84 Å². The standard InChI is InChI=1S/C11H17N5O.BF4/c1-14(2)11(15(3)4)17-16-10-8-6-5-7-9(10)12-13-16;2-1(3,4)5/h5-8,11H,1-4H3;/q;-1. The third-order valence-electron chi connectivity index (χ3n) is 2.40. The van der Waals surface area contributed by atoms with Crippen LogP contribution in [-0.2, 0) is 0 Å². The molecule has 0 amide bonds. The van der Waals surface area contributed by atoms with Gasteiger partial charge in [0.25, 0.3) is 0 Å². The highest BCUT2D eigenvalue weighted by Crippen LogP contribution is 2.09. The molecule has 0 radical (unpaired) electrons. The van der Waals surface area contributed by atoms with E-state index in [-0.39, 0.29) is 6.35 Å². The van der Waals surface area contributed by atoms with Gasteiger partial charge in [0.15, 0.2) is 0 Å². The van der Waals surface area contributed by atoms with Crippen LogP contribution in [0.4, 0.5) is 17.3 Å². The summed E-state index contributed by atoms with van der Waals surface area (Å²) < 4.78 is 39.0. The second kappa shape index (κ2) is 7.41. The van der Waals surface area contributed by atoms with Gasteiger partial charge >= 0.3 is 7.25 Å². The van der Waals surface area contributed by atoms with E-state index < -0.39 is 7.25 Å². The average Bonchev–Trinajstić information content (AvgIpc) is 2.76. The molecule has 1 heterocycles. The number of fused-ring (bicyclic) bond motifs is 1. The highest BCUT2D eigenvalue weighted by atomic mass is 19.5. The molecule has 11 heteroatoms. The summed E-state index contributed by atoms with van der Waals surface area (Å²) in [6, 6.07) is 7.70. The topological polar surface area (TPSA) is 46.4 Å². The number of aromatic nitrogens is 3. The van der Waals surface area contributed by atoms with Crippen molar-refractivity contribution in [1.82, 2.24) is 25.0 Å². The lowest BCUT2D eigenvalue weighted by Gasteiger charge is -2.29. The fourth-order valence-electron chi connectivity index (χ4n) is 1.67. The zero-order chi connectivity index (χ0) is 16.9. The number of hydrogen-bond donors (Lipinski definition) is 0. The van der Waals surface area contributed by atoms with Crippen molar-refractivity contribution in [2.75, 3.05) is 28.2 Å². The predicted molar refractivity (Wildman–Crippen MR) is 75.5 cm³/mol. The third-order valence-corrected chi connectivity index (χ3v) is 2.40. The molecule has 0 unspecified atom stereocenters. The third kappa shape index (κ3) is 5.86. The van der Waals surface area contributed by atoms with Gasteiger partial charge in [-0.1, -0.05) is 17.0 Å². The zero-order valence-corrected chi connectivity index (χ0v) is 12.6. The Labute approximate surface area is 125 Å². The number of rotatable bonds is 4. The number of halogens is 4. The van der Waals surface area contributed by atoms with Gasteiger partial charge < -0.3 is 22.1 Å². The van der Waals surface area contributed by atoms with E-state index in [1.165, 1.54) is 4.85 Å². The molecule has 0 aliphatic rings. The Morgan fingerprint density at radius 2 is 1.55 bits per heavy atom. The van der Waals surface area contributed by atoms with Crippen LogP contribution in [0.15, 0.2) is 24.3 Å². The van der Waals surface area contributed by atoms with E-state index in [1.54, 1.807) is 0 Å². The molecule has 2 rings (SSSR count). The molecule has 1 aromatic carbocycles. The highest BCUT2D eigenvalue weighted by molar-refractivity contribution is 6.50. The molecule has 1 aromatic heterocycles. The van der Waals surface area contributed by atoms with E-state index in [1.807, 2.05) is 62.3 Å². The Bertz CT molecular complexity index is 575. The van der Waals surface area contributed by atoms with E-state index in [9.17, 15) is 17.3 Å². The smallest absolute Gasteiger partial charge is 0.418 e. The quantitative estimate of drug-likeness (QED) is 0.486. The number of benzene rings is 1.